The van der Waals surface area contributed by atoms with Crippen LogP contribution in [0.2, 0.25) is 0 Å². The van der Waals surface area contributed by atoms with Crippen LogP contribution in [-0.2, 0) is 19.1 Å². The second-order valence-electron chi connectivity index (χ2n) is 4.93. The Balaban J connectivity index is 1.98. The highest BCUT2D eigenvalue weighted by atomic mass is 32.2. The summed E-state index contributed by atoms with van der Waals surface area (Å²) in [6, 6.07) is 4.29. The molecule has 1 fully saturated rings. The van der Waals surface area contributed by atoms with E-state index in [-0.39, 0.29) is 30.6 Å². The largest absolute Gasteiger partial charge is 0.465 e. The number of esters is 1. The maximum absolute atomic E-state index is 12.9. The Kier molecular flexibility index (Phi) is 5.73. The van der Waals surface area contributed by atoms with E-state index in [0.717, 1.165) is 16.7 Å². The highest BCUT2D eigenvalue weighted by Gasteiger charge is 2.40. The number of carbonyl (C=O) groups is 3. The predicted molar refractivity (Wildman–Crippen MR) is 84.4 cm³/mol. The molecule has 2 N–H and O–H groups in total. The molecule has 0 aromatic heterocycles. The van der Waals surface area contributed by atoms with Crippen LogP contribution in [-0.4, -0.2) is 41.4 Å². The molecule has 23 heavy (non-hydrogen) atoms. The molecule has 0 bridgehead atoms. The lowest BCUT2D eigenvalue weighted by molar-refractivity contribution is -0.144. The number of rotatable bonds is 6. The number of ether oxygens (including phenoxy) is 1. The third-order valence-corrected chi connectivity index (χ3v) is 4.58. The summed E-state index contributed by atoms with van der Waals surface area (Å²) in [7, 11) is 0. The standard InChI is InChI=1S/C15H17FN2O4S/c1-2-22-15(21)11(17)8-23-12-7-13(19)18(14(12)20)10-5-3-9(16)4-6-10/h3-6,11-12H,2,7-8,17H2,1H3/t11-,12+/m0/s1. The fraction of sp³-hybridized carbons (Fsp3) is 0.400. The van der Waals surface area contributed by atoms with Gasteiger partial charge in [0.25, 0.3) is 0 Å². The normalized spacial score (nSPS) is 19.1. The van der Waals surface area contributed by atoms with Crippen LogP contribution in [0.4, 0.5) is 10.1 Å². The van der Waals surface area contributed by atoms with Gasteiger partial charge in [0, 0.05) is 12.2 Å². The Morgan fingerprint density at radius 3 is 2.70 bits per heavy atom. The van der Waals surface area contributed by atoms with Crippen molar-refractivity contribution in [3.63, 3.8) is 0 Å². The Labute approximate surface area is 137 Å². The van der Waals surface area contributed by atoms with E-state index in [9.17, 15) is 18.8 Å². The number of thioether (sulfide) groups is 1. The van der Waals surface area contributed by atoms with Gasteiger partial charge in [-0.2, -0.15) is 0 Å². The zero-order chi connectivity index (χ0) is 17.0. The van der Waals surface area contributed by atoms with Gasteiger partial charge in [-0.3, -0.25) is 14.4 Å². The molecule has 2 atom stereocenters. The van der Waals surface area contributed by atoms with Crippen molar-refractivity contribution in [3.05, 3.63) is 30.1 Å². The van der Waals surface area contributed by atoms with E-state index in [1.54, 1.807) is 6.92 Å². The van der Waals surface area contributed by atoms with E-state index in [1.165, 1.54) is 24.3 Å². The fourth-order valence-electron chi connectivity index (χ4n) is 2.13. The van der Waals surface area contributed by atoms with Crippen molar-refractivity contribution >= 4 is 35.2 Å². The lowest BCUT2D eigenvalue weighted by Crippen LogP contribution is -2.36. The van der Waals surface area contributed by atoms with Crippen molar-refractivity contribution in [3.8, 4) is 0 Å². The predicted octanol–water partition coefficient (Wildman–Crippen LogP) is 1.08. The van der Waals surface area contributed by atoms with Gasteiger partial charge in [0.2, 0.25) is 11.8 Å². The number of halogens is 1. The van der Waals surface area contributed by atoms with E-state index in [1.807, 2.05) is 0 Å². The molecular formula is C15H17FN2O4S. The summed E-state index contributed by atoms with van der Waals surface area (Å²) in [5.41, 5.74) is 6.01. The van der Waals surface area contributed by atoms with Crippen LogP contribution in [0, 0.1) is 5.82 Å². The number of nitrogens with zero attached hydrogens (tertiary/aromatic N) is 1. The molecule has 0 spiro atoms. The molecule has 1 aliphatic heterocycles. The van der Waals surface area contributed by atoms with Crippen molar-refractivity contribution in [2.24, 2.45) is 5.73 Å². The number of anilines is 1. The summed E-state index contributed by atoms with van der Waals surface area (Å²) in [6.45, 7) is 1.91. The molecule has 6 nitrogen and oxygen atoms in total. The Hall–Kier alpha value is -1.93. The lowest BCUT2D eigenvalue weighted by atomic mass is 10.3. The molecule has 2 amide bonds. The first kappa shape index (κ1) is 17.4. The van der Waals surface area contributed by atoms with Crippen LogP contribution in [0.5, 0.6) is 0 Å². The summed E-state index contributed by atoms with van der Waals surface area (Å²) in [5, 5.41) is -0.604. The second kappa shape index (κ2) is 7.56. The van der Waals surface area contributed by atoms with E-state index in [0.29, 0.717) is 5.69 Å². The van der Waals surface area contributed by atoms with Crippen LogP contribution in [0.15, 0.2) is 24.3 Å². The number of benzene rings is 1. The molecule has 0 saturated carbocycles. The second-order valence-corrected chi connectivity index (χ2v) is 6.16. The number of hydrogen-bond acceptors (Lipinski definition) is 6. The van der Waals surface area contributed by atoms with Gasteiger partial charge >= 0.3 is 5.97 Å². The summed E-state index contributed by atoms with van der Waals surface area (Å²) < 4.78 is 17.7. The van der Waals surface area contributed by atoms with Gasteiger partial charge in [0.15, 0.2) is 0 Å². The minimum atomic E-state index is -0.845. The number of amides is 2. The minimum Gasteiger partial charge on any atom is -0.465 e. The van der Waals surface area contributed by atoms with Gasteiger partial charge < -0.3 is 10.5 Å². The van der Waals surface area contributed by atoms with Gasteiger partial charge in [0.1, 0.15) is 11.9 Å². The molecule has 2 rings (SSSR count). The molecule has 0 radical (unpaired) electrons. The van der Waals surface area contributed by atoms with Crippen LogP contribution in [0.1, 0.15) is 13.3 Å². The molecule has 0 unspecified atom stereocenters. The first-order valence-corrected chi connectivity index (χ1v) is 8.15. The highest BCUT2D eigenvalue weighted by molar-refractivity contribution is 8.00. The average molecular weight is 340 g/mol. The van der Waals surface area contributed by atoms with Crippen molar-refractivity contribution in [2.75, 3.05) is 17.3 Å². The fourth-order valence-corrected chi connectivity index (χ4v) is 3.22. The van der Waals surface area contributed by atoms with Crippen LogP contribution < -0.4 is 10.6 Å². The summed E-state index contributed by atoms with van der Waals surface area (Å²) in [4.78, 5) is 36.9. The average Bonchev–Trinajstić information content (AvgIpc) is 2.80. The van der Waals surface area contributed by atoms with Crippen LogP contribution in [0.25, 0.3) is 0 Å². The molecule has 124 valence electrons. The highest BCUT2D eigenvalue weighted by Crippen LogP contribution is 2.30. The molecular weight excluding hydrogens is 323 g/mol. The first-order valence-electron chi connectivity index (χ1n) is 7.10. The third-order valence-electron chi connectivity index (χ3n) is 3.26. The summed E-state index contributed by atoms with van der Waals surface area (Å²) in [5.74, 6) is -1.54. The van der Waals surface area contributed by atoms with Gasteiger partial charge in [0.05, 0.1) is 17.5 Å². The van der Waals surface area contributed by atoms with E-state index in [4.69, 9.17) is 10.5 Å². The van der Waals surface area contributed by atoms with Crippen LogP contribution in [0.3, 0.4) is 0 Å². The number of imide groups is 1. The van der Waals surface area contributed by atoms with Gasteiger partial charge in [-0.15, -0.1) is 11.8 Å². The summed E-state index contributed by atoms with van der Waals surface area (Å²) in [6.07, 6.45) is 0.0242. The van der Waals surface area contributed by atoms with E-state index < -0.39 is 23.1 Å². The molecule has 1 aromatic carbocycles. The van der Waals surface area contributed by atoms with E-state index >= 15 is 0 Å². The van der Waals surface area contributed by atoms with E-state index in [2.05, 4.69) is 0 Å². The van der Waals surface area contributed by atoms with Gasteiger partial charge in [-0.25, -0.2) is 9.29 Å². The molecule has 1 aliphatic rings. The van der Waals surface area contributed by atoms with Crippen molar-refractivity contribution < 1.29 is 23.5 Å². The minimum absolute atomic E-state index is 0.0242. The van der Waals surface area contributed by atoms with Crippen molar-refractivity contribution in [2.45, 2.75) is 24.6 Å². The number of hydrogen-bond donors (Lipinski definition) is 1. The van der Waals surface area contributed by atoms with Gasteiger partial charge in [-0.1, -0.05) is 0 Å². The monoisotopic (exact) mass is 340 g/mol. The molecule has 0 aliphatic carbocycles. The zero-order valence-electron chi connectivity index (χ0n) is 12.5. The molecule has 1 saturated heterocycles. The van der Waals surface area contributed by atoms with Crippen molar-refractivity contribution in [1.82, 2.24) is 0 Å². The number of carbonyl (C=O) groups excluding carboxylic acids is 3. The summed E-state index contributed by atoms with van der Waals surface area (Å²) >= 11 is 1.15. The smallest absolute Gasteiger partial charge is 0.323 e. The maximum atomic E-state index is 12.9. The first-order chi connectivity index (χ1) is 10.9. The lowest BCUT2D eigenvalue weighted by Gasteiger charge is -2.15. The third kappa shape index (κ3) is 4.08. The Morgan fingerprint density at radius 1 is 1.43 bits per heavy atom. The van der Waals surface area contributed by atoms with Crippen LogP contribution >= 0.6 is 11.8 Å². The zero-order valence-corrected chi connectivity index (χ0v) is 13.3. The molecule has 1 heterocycles. The SMILES string of the molecule is CCOC(=O)[C@@H](N)CS[C@@H]1CC(=O)N(c2ccc(F)cc2)C1=O. The quantitative estimate of drug-likeness (QED) is 0.616. The van der Waals surface area contributed by atoms with Crippen molar-refractivity contribution in [1.29, 1.82) is 0 Å². The Bertz CT molecular complexity index is 608. The Morgan fingerprint density at radius 2 is 2.09 bits per heavy atom. The van der Waals surface area contributed by atoms with Gasteiger partial charge in [-0.05, 0) is 31.2 Å². The maximum Gasteiger partial charge on any atom is 0.323 e. The topological polar surface area (TPSA) is 89.7 Å². The number of nitrogens with two attached hydrogens (primary N) is 1. The molecule has 1 aromatic rings. The molecule has 8 heteroatoms.